The molecule has 0 saturated carbocycles. The van der Waals surface area contributed by atoms with Gasteiger partial charge in [0, 0.05) is 6.42 Å². The fourth-order valence-corrected chi connectivity index (χ4v) is 8.74. The average molecular weight is 491 g/mol. The summed E-state index contributed by atoms with van der Waals surface area (Å²) >= 11 is 0. The lowest BCUT2D eigenvalue weighted by Gasteiger charge is -2.32. The summed E-state index contributed by atoms with van der Waals surface area (Å²) < 4.78 is 5.51. The molecule has 0 amide bonds. The monoisotopic (exact) mass is 490 g/mol. The molecule has 5 nitrogen and oxygen atoms in total. The second-order valence-electron chi connectivity index (χ2n) is 9.08. The van der Waals surface area contributed by atoms with Gasteiger partial charge in [0.1, 0.15) is 5.29 Å². The van der Waals surface area contributed by atoms with E-state index >= 15 is 0 Å². The second kappa shape index (κ2) is 11.3. The van der Waals surface area contributed by atoms with Gasteiger partial charge in [-0.15, -0.1) is 0 Å². The van der Waals surface area contributed by atoms with Crippen LogP contribution in [0.2, 0.25) is 0 Å². The zero-order valence-corrected chi connectivity index (χ0v) is 21.2. The number of hydrogen-bond acceptors (Lipinski definition) is 4. The van der Waals surface area contributed by atoms with Crippen molar-refractivity contribution in [1.82, 2.24) is 0 Å². The molecule has 0 spiro atoms. The maximum atomic E-state index is 14.1. The Kier molecular flexibility index (Phi) is 8.48. The summed E-state index contributed by atoms with van der Waals surface area (Å²) in [5.41, 5.74) is -0.847. The van der Waals surface area contributed by atoms with Gasteiger partial charge in [-0.1, -0.05) is 105 Å². The number of benzene rings is 3. The maximum Gasteiger partial charge on any atom is 0.342 e. The number of carboxylic acid groups (broad SMARTS) is 1. The highest BCUT2D eigenvalue weighted by molar-refractivity contribution is 7.97. The van der Waals surface area contributed by atoms with Gasteiger partial charge in [0.05, 0.1) is 13.0 Å². The summed E-state index contributed by atoms with van der Waals surface area (Å²) in [5, 5.41) is 12.0. The molecule has 35 heavy (non-hydrogen) atoms. The van der Waals surface area contributed by atoms with Crippen molar-refractivity contribution in [3.05, 3.63) is 91.0 Å². The number of esters is 1. The summed E-state index contributed by atoms with van der Waals surface area (Å²) in [7, 11) is 0. The van der Waals surface area contributed by atoms with Crippen LogP contribution in [0.15, 0.2) is 91.0 Å². The largest absolute Gasteiger partial charge is 0.481 e. The molecule has 0 aromatic heterocycles. The molecular weight excluding hydrogens is 459 g/mol. The van der Waals surface area contributed by atoms with Crippen molar-refractivity contribution in [2.24, 2.45) is 5.41 Å². The maximum absolute atomic E-state index is 14.1. The van der Waals surface area contributed by atoms with Crippen molar-refractivity contribution in [3.63, 3.8) is 0 Å². The molecule has 0 saturated heterocycles. The quantitative estimate of drug-likeness (QED) is 0.262. The number of carbonyl (C=O) groups excluding carboxylic acids is 2. The van der Waals surface area contributed by atoms with Crippen LogP contribution >= 0.6 is 6.89 Å². The minimum absolute atomic E-state index is 0.0846. The molecule has 3 aromatic rings. The lowest BCUT2D eigenvalue weighted by atomic mass is 9.83. The fourth-order valence-electron chi connectivity index (χ4n) is 4.42. The Labute approximate surface area is 206 Å². The first-order chi connectivity index (χ1) is 16.7. The Morgan fingerprint density at radius 2 is 1.14 bits per heavy atom. The van der Waals surface area contributed by atoms with E-state index in [1.165, 1.54) is 0 Å². The Bertz CT molecular complexity index is 1130. The van der Waals surface area contributed by atoms with Crippen LogP contribution < -0.4 is 15.9 Å². The third kappa shape index (κ3) is 5.80. The Balaban J connectivity index is 2.51. The number of aliphatic carboxylic acids is 1. The molecule has 0 fully saturated rings. The van der Waals surface area contributed by atoms with Crippen molar-refractivity contribution >= 4 is 45.8 Å². The topological polar surface area (TPSA) is 80.7 Å². The third-order valence-electron chi connectivity index (χ3n) is 5.77. The zero-order chi connectivity index (χ0) is 25.5. The average Bonchev–Trinajstić information content (AvgIpc) is 2.83. The van der Waals surface area contributed by atoms with Crippen LogP contribution in [0.5, 0.6) is 0 Å². The van der Waals surface area contributed by atoms with Crippen LogP contribution in [0.4, 0.5) is 0 Å². The molecule has 0 heterocycles. The van der Waals surface area contributed by atoms with Crippen LogP contribution in [-0.4, -0.2) is 34.7 Å². The highest BCUT2D eigenvalue weighted by Crippen LogP contribution is 2.47. The van der Waals surface area contributed by atoms with Gasteiger partial charge >= 0.3 is 11.9 Å². The van der Waals surface area contributed by atoms with E-state index < -0.39 is 24.2 Å². The number of carbonyl (C=O) groups is 3. The van der Waals surface area contributed by atoms with Crippen LogP contribution in [0.1, 0.15) is 33.6 Å². The van der Waals surface area contributed by atoms with E-state index in [4.69, 9.17) is 4.74 Å². The number of ketones is 1. The summed E-state index contributed by atoms with van der Waals surface area (Å²) in [6.45, 7) is 2.31. The normalized spacial score (nSPS) is 11.5. The van der Waals surface area contributed by atoms with Crippen LogP contribution in [0, 0.1) is 5.41 Å². The van der Waals surface area contributed by atoms with Crippen molar-refractivity contribution in [2.45, 2.75) is 33.6 Å². The summed E-state index contributed by atoms with van der Waals surface area (Å²) in [5.74, 6) is -2.04. The predicted octanol–water partition coefficient (Wildman–Crippen LogP) is 4.18. The van der Waals surface area contributed by atoms with Gasteiger partial charge in [0.25, 0.3) is 0 Å². The molecule has 0 aliphatic rings. The molecule has 0 aliphatic heterocycles. The number of ether oxygens (including phenoxy) is 1. The van der Waals surface area contributed by atoms with Gasteiger partial charge < -0.3 is 9.84 Å². The summed E-state index contributed by atoms with van der Waals surface area (Å²) in [6.07, 6.45) is -0.288. The minimum atomic E-state index is -2.98. The second-order valence-corrected chi connectivity index (χ2v) is 12.4. The van der Waals surface area contributed by atoms with Gasteiger partial charge in [-0.25, -0.2) is 4.79 Å². The number of hydrogen-bond donors (Lipinski definition) is 1. The zero-order valence-electron chi connectivity index (χ0n) is 20.3. The van der Waals surface area contributed by atoms with Crippen LogP contribution in [-0.2, 0) is 19.1 Å². The minimum Gasteiger partial charge on any atom is -0.481 e. The molecule has 0 unspecified atom stereocenters. The van der Waals surface area contributed by atoms with E-state index in [2.05, 4.69) is 0 Å². The molecular formula is C29H31O5P. The van der Waals surface area contributed by atoms with Gasteiger partial charge in [0.15, 0.2) is 5.78 Å². The summed E-state index contributed by atoms with van der Waals surface area (Å²) in [4.78, 5) is 39.3. The van der Waals surface area contributed by atoms with E-state index in [-0.39, 0.29) is 30.5 Å². The van der Waals surface area contributed by atoms with Gasteiger partial charge in [0.2, 0.25) is 0 Å². The molecule has 3 aromatic carbocycles. The van der Waals surface area contributed by atoms with Gasteiger partial charge in [-0.05, 0) is 35.1 Å². The Morgan fingerprint density at radius 1 is 0.743 bits per heavy atom. The van der Waals surface area contributed by atoms with Crippen molar-refractivity contribution in [1.29, 1.82) is 0 Å². The van der Waals surface area contributed by atoms with E-state index in [0.717, 1.165) is 15.9 Å². The molecule has 1 N–H and O–H groups in total. The highest BCUT2D eigenvalue weighted by atomic mass is 31.2. The number of Topliss-reactive ketones (excluding diaryl/α,β-unsaturated/α-hetero) is 1. The van der Waals surface area contributed by atoms with Crippen LogP contribution in [0.3, 0.4) is 0 Å². The fraction of sp³-hybridized carbons (Fsp3) is 0.241. The van der Waals surface area contributed by atoms with Crippen LogP contribution in [0.25, 0.3) is 0 Å². The van der Waals surface area contributed by atoms with Crippen molar-refractivity contribution < 1.29 is 24.2 Å². The smallest absolute Gasteiger partial charge is 0.342 e. The van der Waals surface area contributed by atoms with E-state index in [9.17, 15) is 19.5 Å². The van der Waals surface area contributed by atoms with E-state index in [1.54, 1.807) is 20.8 Å². The first kappa shape index (κ1) is 26.2. The number of rotatable bonds is 10. The molecule has 0 aliphatic carbocycles. The van der Waals surface area contributed by atoms with Crippen molar-refractivity contribution in [3.8, 4) is 0 Å². The molecule has 0 bridgehead atoms. The van der Waals surface area contributed by atoms with E-state index in [0.29, 0.717) is 0 Å². The Morgan fingerprint density at radius 3 is 1.49 bits per heavy atom. The molecule has 0 atom stereocenters. The standard InChI is InChI=1S/C29H31O5P/c1-4-34-28(33)27(25(30)20-29(2,3)21-26(31)32)35(22-14-8-5-9-15-22,23-16-10-6-11-17-23)24-18-12-7-13-19-24/h5-19H,4,20-21H2,1-3H3,(H,31,32). The molecule has 0 radical (unpaired) electrons. The van der Waals surface area contributed by atoms with Gasteiger partial charge in [-0.2, -0.15) is 0 Å². The highest BCUT2D eigenvalue weighted by Gasteiger charge is 2.39. The Hall–Kier alpha value is -3.43. The third-order valence-corrected chi connectivity index (χ3v) is 10.1. The lowest BCUT2D eigenvalue weighted by Crippen LogP contribution is -2.39. The molecule has 3 rings (SSSR count). The van der Waals surface area contributed by atoms with Crippen molar-refractivity contribution in [2.75, 3.05) is 6.61 Å². The first-order valence-corrected chi connectivity index (χ1v) is 13.4. The first-order valence-electron chi connectivity index (χ1n) is 11.6. The molecule has 6 heteroatoms. The van der Waals surface area contributed by atoms with E-state index in [1.807, 2.05) is 91.0 Å². The SMILES string of the molecule is CCOC(=O)C(C(=O)CC(C)(C)CC(=O)O)=P(c1ccccc1)(c1ccccc1)c1ccccc1. The number of carboxylic acids is 1. The summed E-state index contributed by atoms with van der Waals surface area (Å²) in [6, 6.07) is 28.8. The predicted molar refractivity (Wildman–Crippen MR) is 142 cm³/mol. The van der Waals surface area contributed by atoms with Gasteiger partial charge in [-0.3, -0.25) is 9.59 Å². The molecule has 182 valence electrons. The lowest BCUT2D eigenvalue weighted by molar-refractivity contribution is -0.139.